The van der Waals surface area contributed by atoms with E-state index in [1.54, 1.807) is 24.3 Å². The van der Waals surface area contributed by atoms with Gasteiger partial charge in [0.25, 0.3) is 0 Å². The summed E-state index contributed by atoms with van der Waals surface area (Å²) in [5.74, 6) is -1.25. The van der Waals surface area contributed by atoms with Crippen molar-refractivity contribution < 1.29 is 13.6 Å². The lowest BCUT2D eigenvalue weighted by Crippen LogP contribution is -2.34. The highest BCUT2D eigenvalue weighted by Gasteiger charge is 2.44. The number of anilines is 1. The van der Waals surface area contributed by atoms with Crippen LogP contribution in [-0.4, -0.2) is 11.2 Å². The van der Waals surface area contributed by atoms with Crippen molar-refractivity contribution in [1.29, 1.82) is 0 Å². The lowest BCUT2D eigenvalue weighted by atomic mass is 10.3. The average Bonchev–Trinajstić information content (AvgIpc) is 2.06. The predicted molar refractivity (Wildman–Crippen MR) is 45.9 cm³/mol. The van der Waals surface area contributed by atoms with Crippen LogP contribution in [0.5, 0.6) is 0 Å². The molecule has 0 aromatic heterocycles. The molecule has 2 rings (SSSR count). The molecular weight excluding hydrogens is 196 g/mol. The molecule has 1 amide bonds. The van der Waals surface area contributed by atoms with Gasteiger partial charge in [-0.25, -0.2) is 0 Å². The summed E-state index contributed by atoms with van der Waals surface area (Å²) in [7, 11) is 0. The van der Waals surface area contributed by atoms with Gasteiger partial charge in [0, 0.05) is 4.90 Å². The van der Waals surface area contributed by atoms with Crippen LogP contribution >= 0.6 is 11.8 Å². The van der Waals surface area contributed by atoms with Gasteiger partial charge in [-0.15, -0.1) is 0 Å². The first-order valence-electron chi connectivity index (χ1n) is 3.57. The number of benzene rings is 1. The maximum absolute atomic E-state index is 12.8. The van der Waals surface area contributed by atoms with E-state index in [0.717, 1.165) is 0 Å². The Kier molecular flexibility index (Phi) is 1.76. The maximum Gasteiger partial charge on any atom is 0.375 e. The number of carbonyl (C=O) groups excluding carboxylic acids is 1. The number of fused-ring (bicyclic) bond motifs is 1. The molecule has 0 fully saturated rings. The number of rotatable bonds is 0. The van der Waals surface area contributed by atoms with Crippen LogP contribution in [0.2, 0.25) is 0 Å². The molecule has 1 heterocycles. The van der Waals surface area contributed by atoms with Crippen molar-refractivity contribution in [2.24, 2.45) is 0 Å². The van der Waals surface area contributed by atoms with Gasteiger partial charge in [-0.1, -0.05) is 12.1 Å². The number of alkyl halides is 2. The molecule has 13 heavy (non-hydrogen) atoms. The Bertz CT molecular complexity index is 367. The number of halogens is 2. The second kappa shape index (κ2) is 2.70. The Morgan fingerprint density at radius 1 is 1.31 bits per heavy atom. The minimum absolute atomic E-state index is 0.277. The molecule has 0 spiro atoms. The Morgan fingerprint density at radius 2 is 2.00 bits per heavy atom. The summed E-state index contributed by atoms with van der Waals surface area (Å²) in [5, 5.41) is -1.21. The molecule has 0 atom stereocenters. The zero-order chi connectivity index (χ0) is 9.47. The molecule has 1 N–H and O–H groups in total. The Hall–Kier alpha value is -1.10. The molecule has 1 aromatic carbocycles. The summed E-state index contributed by atoms with van der Waals surface area (Å²) in [5.41, 5.74) is 0.448. The number of hydrogen-bond donors (Lipinski definition) is 1. The average molecular weight is 201 g/mol. The number of nitrogens with one attached hydrogen (secondary N) is 1. The van der Waals surface area contributed by atoms with E-state index < -0.39 is 11.2 Å². The van der Waals surface area contributed by atoms with E-state index in [0.29, 0.717) is 10.6 Å². The van der Waals surface area contributed by atoms with Crippen LogP contribution in [-0.2, 0) is 4.79 Å². The molecule has 0 bridgehead atoms. The van der Waals surface area contributed by atoms with Gasteiger partial charge >= 0.3 is 11.2 Å². The van der Waals surface area contributed by atoms with E-state index in [4.69, 9.17) is 0 Å². The van der Waals surface area contributed by atoms with E-state index in [1.807, 2.05) is 0 Å². The van der Waals surface area contributed by atoms with E-state index in [9.17, 15) is 13.6 Å². The molecule has 0 saturated carbocycles. The van der Waals surface area contributed by atoms with Gasteiger partial charge in [0.1, 0.15) is 0 Å². The monoisotopic (exact) mass is 201 g/mol. The maximum atomic E-state index is 12.8. The quantitative estimate of drug-likeness (QED) is 0.697. The van der Waals surface area contributed by atoms with Crippen LogP contribution in [0, 0.1) is 0 Å². The SMILES string of the molecule is O=C1Nc2ccccc2SC1(F)F. The van der Waals surface area contributed by atoms with Crippen LogP contribution in [0.4, 0.5) is 14.5 Å². The van der Waals surface area contributed by atoms with Gasteiger partial charge < -0.3 is 5.32 Å². The standard InChI is InChI=1S/C8H5F2NOS/c9-8(10)7(12)11-5-3-1-2-4-6(5)13-8/h1-4H,(H,11,12). The minimum atomic E-state index is -3.35. The highest BCUT2D eigenvalue weighted by atomic mass is 32.2. The number of amides is 1. The summed E-state index contributed by atoms with van der Waals surface area (Å²) < 4.78 is 25.7. The van der Waals surface area contributed by atoms with Crippen LogP contribution in [0.1, 0.15) is 0 Å². The zero-order valence-electron chi connectivity index (χ0n) is 6.38. The second-order valence-corrected chi connectivity index (χ2v) is 3.73. The molecule has 5 heteroatoms. The van der Waals surface area contributed by atoms with Crippen LogP contribution < -0.4 is 5.32 Å². The van der Waals surface area contributed by atoms with E-state index in [-0.39, 0.29) is 11.8 Å². The first-order valence-corrected chi connectivity index (χ1v) is 4.38. The molecule has 1 aliphatic rings. The molecule has 1 aliphatic heterocycles. The van der Waals surface area contributed by atoms with Crippen molar-refractivity contribution >= 4 is 23.4 Å². The van der Waals surface area contributed by atoms with E-state index in [1.165, 1.54) is 0 Å². The van der Waals surface area contributed by atoms with Crippen molar-refractivity contribution in [2.45, 2.75) is 10.2 Å². The van der Waals surface area contributed by atoms with Crippen molar-refractivity contribution in [2.75, 3.05) is 5.32 Å². The summed E-state index contributed by atoms with van der Waals surface area (Å²) in [6.45, 7) is 0. The molecule has 1 aromatic rings. The molecule has 0 radical (unpaired) electrons. The van der Waals surface area contributed by atoms with Crippen molar-refractivity contribution in [3.8, 4) is 0 Å². The zero-order valence-corrected chi connectivity index (χ0v) is 7.20. The van der Waals surface area contributed by atoms with Crippen molar-refractivity contribution in [3.63, 3.8) is 0 Å². The Balaban J connectivity index is 2.44. The third kappa shape index (κ3) is 1.39. The van der Waals surface area contributed by atoms with Gasteiger partial charge in [0.2, 0.25) is 0 Å². The highest BCUT2D eigenvalue weighted by Crippen LogP contribution is 2.43. The summed E-state index contributed by atoms with van der Waals surface area (Å²) in [4.78, 5) is 11.2. The first-order chi connectivity index (χ1) is 6.09. The summed E-state index contributed by atoms with van der Waals surface area (Å²) in [6.07, 6.45) is 0. The fraction of sp³-hybridized carbons (Fsp3) is 0.125. The van der Waals surface area contributed by atoms with E-state index >= 15 is 0 Å². The van der Waals surface area contributed by atoms with Crippen molar-refractivity contribution in [3.05, 3.63) is 24.3 Å². The third-order valence-corrected chi connectivity index (χ3v) is 2.66. The number of carbonyl (C=O) groups is 1. The summed E-state index contributed by atoms with van der Waals surface area (Å²) in [6, 6.07) is 6.48. The summed E-state index contributed by atoms with van der Waals surface area (Å²) >= 11 is 0.277. The second-order valence-electron chi connectivity index (χ2n) is 2.57. The third-order valence-electron chi connectivity index (χ3n) is 1.64. The van der Waals surface area contributed by atoms with Crippen LogP contribution in [0.15, 0.2) is 29.2 Å². The molecule has 68 valence electrons. The number of para-hydroxylation sites is 1. The topological polar surface area (TPSA) is 29.1 Å². The smallest absolute Gasteiger partial charge is 0.319 e. The lowest BCUT2D eigenvalue weighted by Gasteiger charge is -2.22. The highest BCUT2D eigenvalue weighted by molar-refractivity contribution is 8.01. The Labute approximate surface area is 77.3 Å². The molecule has 0 aliphatic carbocycles. The largest absolute Gasteiger partial charge is 0.375 e. The van der Waals surface area contributed by atoms with Gasteiger partial charge in [0.15, 0.2) is 0 Å². The lowest BCUT2D eigenvalue weighted by molar-refractivity contribution is -0.129. The fourth-order valence-electron chi connectivity index (χ4n) is 1.04. The number of thioether (sulfide) groups is 1. The van der Waals surface area contributed by atoms with Gasteiger partial charge in [-0.05, 0) is 23.9 Å². The molecule has 0 saturated heterocycles. The first kappa shape index (κ1) is 8.50. The van der Waals surface area contributed by atoms with Gasteiger partial charge in [0.05, 0.1) is 5.69 Å². The molecule has 2 nitrogen and oxygen atoms in total. The van der Waals surface area contributed by atoms with Gasteiger partial charge in [-0.2, -0.15) is 8.78 Å². The van der Waals surface area contributed by atoms with Crippen LogP contribution in [0.3, 0.4) is 0 Å². The minimum Gasteiger partial charge on any atom is -0.319 e. The van der Waals surface area contributed by atoms with Crippen molar-refractivity contribution in [1.82, 2.24) is 0 Å². The Morgan fingerprint density at radius 3 is 2.77 bits per heavy atom. The predicted octanol–water partition coefficient (Wildman–Crippen LogP) is 2.32. The number of hydrogen-bond acceptors (Lipinski definition) is 2. The normalized spacial score (nSPS) is 19.1. The molecular formula is C8H5F2NOS. The molecule has 0 unspecified atom stereocenters. The van der Waals surface area contributed by atoms with Crippen LogP contribution in [0.25, 0.3) is 0 Å². The van der Waals surface area contributed by atoms with Gasteiger partial charge in [-0.3, -0.25) is 4.79 Å². The fourth-order valence-corrected chi connectivity index (χ4v) is 1.83. The van der Waals surface area contributed by atoms with E-state index in [2.05, 4.69) is 5.32 Å².